The molecule has 2 aromatic carbocycles. The molecule has 5 rings (SSSR count). The number of hydrogen-bond acceptors (Lipinski definition) is 6. The minimum absolute atomic E-state index is 0.0438. The van der Waals surface area contributed by atoms with Crippen molar-refractivity contribution in [1.29, 1.82) is 0 Å². The van der Waals surface area contributed by atoms with Gasteiger partial charge in [-0.05, 0) is 54.7 Å². The highest BCUT2D eigenvalue weighted by atomic mass is 35.5. The van der Waals surface area contributed by atoms with Crippen molar-refractivity contribution in [2.24, 2.45) is 5.14 Å². The third-order valence-electron chi connectivity index (χ3n) is 6.34. The molecule has 2 aromatic heterocycles. The van der Waals surface area contributed by atoms with Crippen LogP contribution in [0.15, 0.2) is 59.8 Å². The van der Waals surface area contributed by atoms with Gasteiger partial charge in [0.1, 0.15) is 27.9 Å². The number of piperidine rings is 1. The van der Waals surface area contributed by atoms with Gasteiger partial charge in [0.05, 0.1) is 16.9 Å². The molecule has 3 heterocycles. The molecule has 1 aliphatic rings. The number of primary sulfonamides is 1. The first-order valence-electron chi connectivity index (χ1n) is 11.3. The smallest absolute Gasteiger partial charge is 0.259 e. The van der Waals surface area contributed by atoms with Gasteiger partial charge in [0.15, 0.2) is 5.65 Å². The number of anilines is 2. The average Bonchev–Trinajstić information content (AvgIpc) is 3.31. The summed E-state index contributed by atoms with van der Waals surface area (Å²) in [6, 6.07) is 10.0. The summed E-state index contributed by atoms with van der Waals surface area (Å²) >= 11 is 6.19. The molecule has 1 saturated heterocycles. The van der Waals surface area contributed by atoms with E-state index in [-0.39, 0.29) is 50.3 Å². The number of amides is 1. The fraction of sp³-hybridized carbons (Fsp3) is 0.208. The first kappa shape index (κ1) is 25.1. The van der Waals surface area contributed by atoms with Gasteiger partial charge in [-0.3, -0.25) is 4.79 Å². The number of rotatable bonds is 5. The number of fused-ring (bicyclic) bond motifs is 1. The largest absolute Gasteiger partial charge is 0.338 e. The molecule has 0 spiro atoms. The van der Waals surface area contributed by atoms with Crippen LogP contribution >= 0.6 is 11.6 Å². The monoisotopic (exact) mass is 546 g/mol. The van der Waals surface area contributed by atoms with Gasteiger partial charge in [-0.15, -0.1) is 0 Å². The maximum Gasteiger partial charge on any atom is 0.259 e. The normalized spacial score (nSPS) is 14.8. The number of hydrogen-bond donors (Lipinski definition) is 2. The van der Waals surface area contributed by atoms with Crippen LogP contribution in [-0.4, -0.2) is 46.9 Å². The second kappa shape index (κ2) is 9.69. The molecule has 4 aromatic rings. The van der Waals surface area contributed by atoms with E-state index in [0.29, 0.717) is 25.9 Å². The van der Waals surface area contributed by atoms with Crippen molar-refractivity contribution >= 4 is 44.7 Å². The second-order valence-electron chi connectivity index (χ2n) is 8.68. The van der Waals surface area contributed by atoms with Crippen LogP contribution < -0.4 is 10.5 Å². The van der Waals surface area contributed by atoms with E-state index in [9.17, 15) is 22.0 Å². The summed E-state index contributed by atoms with van der Waals surface area (Å²) in [7, 11) is -4.15. The Morgan fingerprint density at radius 3 is 2.38 bits per heavy atom. The molecule has 0 bridgehead atoms. The Labute approximate surface area is 215 Å². The lowest BCUT2D eigenvalue weighted by molar-refractivity contribution is 0.0713. The zero-order valence-corrected chi connectivity index (χ0v) is 20.8. The predicted octanol–water partition coefficient (Wildman–Crippen LogP) is 4.07. The number of benzene rings is 2. The highest BCUT2D eigenvalue weighted by Gasteiger charge is 2.29. The lowest BCUT2D eigenvalue weighted by Gasteiger charge is -2.32. The molecule has 1 fully saturated rings. The molecule has 9 nitrogen and oxygen atoms in total. The Morgan fingerprint density at radius 1 is 1.05 bits per heavy atom. The van der Waals surface area contributed by atoms with E-state index >= 15 is 0 Å². The molecule has 0 atom stereocenters. The zero-order valence-electron chi connectivity index (χ0n) is 19.2. The van der Waals surface area contributed by atoms with E-state index in [2.05, 4.69) is 15.4 Å². The van der Waals surface area contributed by atoms with Crippen LogP contribution in [0.5, 0.6) is 0 Å². The number of likely N-dealkylation sites (tertiary alicyclic amines) is 1. The number of nitrogens with zero attached hydrogens (tertiary/aromatic N) is 4. The summed E-state index contributed by atoms with van der Waals surface area (Å²) in [6.07, 6.45) is 3.64. The van der Waals surface area contributed by atoms with Crippen LogP contribution in [0.25, 0.3) is 5.65 Å². The lowest BCUT2D eigenvalue weighted by atomic mass is 9.89. The second-order valence-corrected chi connectivity index (χ2v) is 10.6. The summed E-state index contributed by atoms with van der Waals surface area (Å²) in [5.41, 5.74) is 1.30. The van der Waals surface area contributed by atoms with Crippen molar-refractivity contribution in [3.05, 3.63) is 82.6 Å². The molecule has 1 amide bonds. The SMILES string of the molecule is NS(=O)(=O)c1cnn2c(Nc3ccc(F)cc3Cl)c(C(=O)N3CCC(c4ccc(F)cc4)CC3)cnc12. The molecule has 0 saturated carbocycles. The number of aromatic nitrogens is 3. The third-order valence-corrected chi connectivity index (χ3v) is 7.55. The Kier molecular flexibility index (Phi) is 6.56. The third kappa shape index (κ3) is 4.99. The Balaban J connectivity index is 1.49. The lowest BCUT2D eigenvalue weighted by Crippen LogP contribution is -2.38. The molecular weight excluding hydrogens is 526 g/mol. The van der Waals surface area contributed by atoms with Crippen LogP contribution in [0.3, 0.4) is 0 Å². The zero-order chi connectivity index (χ0) is 26.3. The van der Waals surface area contributed by atoms with Crippen molar-refractivity contribution in [2.45, 2.75) is 23.7 Å². The highest BCUT2D eigenvalue weighted by Crippen LogP contribution is 2.32. The molecule has 192 valence electrons. The van der Waals surface area contributed by atoms with E-state index in [1.165, 1.54) is 30.5 Å². The fourth-order valence-electron chi connectivity index (χ4n) is 4.43. The van der Waals surface area contributed by atoms with Gasteiger partial charge in [0.25, 0.3) is 5.91 Å². The summed E-state index contributed by atoms with van der Waals surface area (Å²) in [4.78, 5) is 19.1. The summed E-state index contributed by atoms with van der Waals surface area (Å²) in [5.74, 6) is -0.931. The number of carbonyl (C=O) groups excluding carboxylic acids is 1. The maximum absolute atomic E-state index is 13.6. The summed E-state index contributed by atoms with van der Waals surface area (Å²) in [6.45, 7) is 0.883. The summed E-state index contributed by atoms with van der Waals surface area (Å²) in [5, 5.41) is 12.4. The van der Waals surface area contributed by atoms with Gasteiger partial charge < -0.3 is 10.2 Å². The molecule has 0 radical (unpaired) electrons. The van der Waals surface area contributed by atoms with Crippen LogP contribution in [-0.2, 0) is 10.0 Å². The maximum atomic E-state index is 13.6. The Hall–Kier alpha value is -3.61. The Morgan fingerprint density at radius 2 is 1.73 bits per heavy atom. The average molecular weight is 547 g/mol. The van der Waals surface area contributed by atoms with Crippen LogP contribution in [0.1, 0.15) is 34.7 Å². The number of sulfonamides is 1. The van der Waals surface area contributed by atoms with Crippen molar-refractivity contribution in [3.8, 4) is 0 Å². The number of carbonyl (C=O) groups is 1. The van der Waals surface area contributed by atoms with E-state index < -0.39 is 15.8 Å². The number of nitrogens with one attached hydrogen (secondary N) is 1. The Bertz CT molecular complexity index is 1600. The standard InChI is InChI=1S/C24H21ClF2N6O3S/c25-19-11-17(27)5-6-20(19)31-22-18(12-29-23-21(37(28,35)36)13-30-33(22)23)24(34)32-9-7-15(8-10-32)14-1-3-16(26)4-2-14/h1-6,11-13,15,31H,7-10H2,(H2,28,35,36). The van der Waals surface area contributed by atoms with E-state index in [0.717, 1.165) is 22.3 Å². The molecule has 37 heavy (non-hydrogen) atoms. The van der Waals surface area contributed by atoms with Gasteiger partial charge in [-0.1, -0.05) is 23.7 Å². The van der Waals surface area contributed by atoms with Crippen LogP contribution in [0.4, 0.5) is 20.3 Å². The minimum Gasteiger partial charge on any atom is -0.338 e. The van der Waals surface area contributed by atoms with Crippen molar-refractivity contribution in [3.63, 3.8) is 0 Å². The minimum atomic E-state index is -4.15. The topological polar surface area (TPSA) is 123 Å². The van der Waals surface area contributed by atoms with Gasteiger partial charge in [-0.25, -0.2) is 27.3 Å². The molecule has 0 unspecified atom stereocenters. The predicted molar refractivity (Wildman–Crippen MR) is 133 cm³/mol. The molecule has 0 aliphatic carbocycles. The first-order valence-corrected chi connectivity index (χ1v) is 13.2. The van der Waals surface area contributed by atoms with Crippen molar-refractivity contribution in [1.82, 2.24) is 19.5 Å². The van der Waals surface area contributed by atoms with Gasteiger partial charge in [-0.2, -0.15) is 9.61 Å². The first-order chi connectivity index (χ1) is 17.6. The van der Waals surface area contributed by atoms with E-state index in [1.807, 2.05) is 0 Å². The molecule has 3 N–H and O–H groups in total. The molecule has 1 aliphatic heterocycles. The molecule has 13 heteroatoms. The van der Waals surface area contributed by atoms with Gasteiger partial charge in [0.2, 0.25) is 10.0 Å². The number of halogens is 3. The van der Waals surface area contributed by atoms with Gasteiger partial charge in [0, 0.05) is 19.3 Å². The van der Waals surface area contributed by atoms with Crippen LogP contribution in [0.2, 0.25) is 5.02 Å². The van der Waals surface area contributed by atoms with Crippen molar-refractivity contribution < 1.29 is 22.0 Å². The number of nitrogens with two attached hydrogens (primary N) is 1. The highest BCUT2D eigenvalue weighted by molar-refractivity contribution is 7.89. The molecular formula is C24H21ClF2N6O3S. The van der Waals surface area contributed by atoms with Crippen LogP contribution in [0, 0.1) is 11.6 Å². The van der Waals surface area contributed by atoms with E-state index in [1.54, 1.807) is 17.0 Å². The van der Waals surface area contributed by atoms with Crippen molar-refractivity contribution in [2.75, 3.05) is 18.4 Å². The quantitative estimate of drug-likeness (QED) is 0.389. The fourth-order valence-corrected chi connectivity index (χ4v) is 5.23. The summed E-state index contributed by atoms with van der Waals surface area (Å²) < 4.78 is 52.1. The van der Waals surface area contributed by atoms with E-state index in [4.69, 9.17) is 16.7 Å². The van der Waals surface area contributed by atoms with Gasteiger partial charge >= 0.3 is 0 Å².